The maximum absolute atomic E-state index is 12.9. The van der Waals surface area contributed by atoms with Crippen molar-refractivity contribution in [2.24, 2.45) is 0 Å². The minimum atomic E-state index is -0.316. The van der Waals surface area contributed by atoms with Crippen molar-refractivity contribution in [3.8, 4) is 0 Å². The topological polar surface area (TPSA) is 67.2 Å². The van der Waals surface area contributed by atoms with Crippen molar-refractivity contribution in [1.82, 2.24) is 20.0 Å². The molecule has 0 bridgehead atoms. The quantitative estimate of drug-likeness (QED) is 0.672. The van der Waals surface area contributed by atoms with E-state index < -0.39 is 0 Å². The molecule has 0 aliphatic carbocycles. The average Bonchev–Trinajstić information content (AvgIpc) is 3.17. The number of carbonyl (C=O) groups excluding carboxylic acids is 2. The highest BCUT2D eigenvalue weighted by atomic mass is 35.5. The van der Waals surface area contributed by atoms with Crippen LogP contribution in [0.1, 0.15) is 32.1 Å². The second-order valence-corrected chi connectivity index (χ2v) is 7.55. The third kappa shape index (κ3) is 4.13. The van der Waals surface area contributed by atoms with Gasteiger partial charge in [0, 0.05) is 41.3 Å². The van der Waals surface area contributed by atoms with E-state index in [9.17, 15) is 9.59 Å². The van der Waals surface area contributed by atoms with Crippen LogP contribution in [0, 0.1) is 0 Å². The highest BCUT2D eigenvalue weighted by Gasteiger charge is 2.28. The zero-order chi connectivity index (χ0) is 20.4. The summed E-state index contributed by atoms with van der Waals surface area (Å²) in [6, 6.07) is 16.4. The van der Waals surface area contributed by atoms with E-state index in [1.165, 1.54) is 6.07 Å². The molecule has 8 heteroatoms. The molecule has 2 aromatic carbocycles. The minimum Gasteiger partial charge on any atom is -0.347 e. The summed E-state index contributed by atoms with van der Waals surface area (Å²) in [5, 5.41) is 8.16. The lowest BCUT2D eigenvalue weighted by Crippen LogP contribution is -2.39. The summed E-state index contributed by atoms with van der Waals surface area (Å²) in [7, 11) is 0. The Morgan fingerprint density at radius 2 is 1.76 bits per heavy atom. The molecule has 0 spiro atoms. The van der Waals surface area contributed by atoms with Gasteiger partial charge in [0.25, 0.3) is 11.8 Å². The summed E-state index contributed by atoms with van der Waals surface area (Å²) in [6.45, 7) is 1.65. The zero-order valence-corrected chi connectivity index (χ0v) is 17.0. The number of benzene rings is 2. The van der Waals surface area contributed by atoms with Crippen LogP contribution in [0.2, 0.25) is 10.0 Å². The first-order chi connectivity index (χ1) is 14.0. The Kier molecular flexibility index (Phi) is 5.56. The van der Waals surface area contributed by atoms with Crippen molar-refractivity contribution in [2.75, 3.05) is 6.54 Å². The second-order valence-electron chi connectivity index (χ2n) is 6.73. The van der Waals surface area contributed by atoms with Gasteiger partial charge in [0.05, 0.1) is 6.54 Å². The van der Waals surface area contributed by atoms with Gasteiger partial charge in [-0.3, -0.25) is 14.3 Å². The van der Waals surface area contributed by atoms with E-state index in [4.69, 9.17) is 23.2 Å². The van der Waals surface area contributed by atoms with E-state index in [2.05, 4.69) is 10.4 Å². The number of carbonyl (C=O) groups is 2. The fourth-order valence-electron chi connectivity index (χ4n) is 3.24. The zero-order valence-electron chi connectivity index (χ0n) is 15.4. The number of rotatable bonds is 5. The van der Waals surface area contributed by atoms with E-state index in [-0.39, 0.29) is 17.5 Å². The van der Waals surface area contributed by atoms with Crippen molar-refractivity contribution in [1.29, 1.82) is 0 Å². The Balaban J connectivity index is 1.47. The van der Waals surface area contributed by atoms with Crippen LogP contribution < -0.4 is 5.32 Å². The molecule has 3 aromatic rings. The van der Waals surface area contributed by atoms with Gasteiger partial charge >= 0.3 is 0 Å². The molecule has 148 valence electrons. The Morgan fingerprint density at radius 1 is 1.03 bits per heavy atom. The molecule has 0 atom stereocenters. The van der Waals surface area contributed by atoms with Crippen LogP contribution in [-0.4, -0.2) is 33.0 Å². The van der Waals surface area contributed by atoms with Crippen LogP contribution in [-0.2, 0) is 19.6 Å². The summed E-state index contributed by atoms with van der Waals surface area (Å²) in [5.74, 6) is -0.522. The first-order valence-corrected chi connectivity index (χ1v) is 9.90. The van der Waals surface area contributed by atoms with Gasteiger partial charge < -0.3 is 10.2 Å². The van der Waals surface area contributed by atoms with Crippen LogP contribution >= 0.6 is 23.2 Å². The standard InChI is InChI=1S/C21H18Cl2N4O2/c22-16-7-4-8-17(23)15(16)13-26-9-10-27-19(21(26)29)11-18(25-27)20(28)24-12-14-5-2-1-3-6-14/h1-8,11H,9-10,12-13H2,(H,24,28). The molecule has 2 heterocycles. The van der Waals surface area contributed by atoms with E-state index >= 15 is 0 Å². The lowest BCUT2D eigenvalue weighted by Gasteiger charge is -2.28. The summed E-state index contributed by atoms with van der Waals surface area (Å²) in [6.07, 6.45) is 0. The molecule has 0 fully saturated rings. The molecule has 0 radical (unpaired) electrons. The van der Waals surface area contributed by atoms with Gasteiger partial charge in [0.2, 0.25) is 0 Å². The van der Waals surface area contributed by atoms with Gasteiger partial charge in [-0.15, -0.1) is 0 Å². The normalized spacial score (nSPS) is 13.3. The molecule has 1 aliphatic heterocycles. The molecule has 0 saturated heterocycles. The summed E-state index contributed by atoms with van der Waals surface area (Å²) >= 11 is 12.5. The molecular weight excluding hydrogens is 411 g/mol. The van der Waals surface area contributed by atoms with Crippen molar-refractivity contribution >= 4 is 35.0 Å². The summed E-state index contributed by atoms with van der Waals surface area (Å²) in [4.78, 5) is 27.0. The van der Waals surface area contributed by atoms with Crippen LogP contribution in [0.15, 0.2) is 54.6 Å². The highest BCUT2D eigenvalue weighted by Crippen LogP contribution is 2.27. The predicted molar refractivity (Wildman–Crippen MR) is 111 cm³/mol. The largest absolute Gasteiger partial charge is 0.347 e. The third-order valence-electron chi connectivity index (χ3n) is 4.81. The van der Waals surface area contributed by atoms with Crippen LogP contribution in [0.4, 0.5) is 0 Å². The van der Waals surface area contributed by atoms with Crippen molar-refractivity contribution in [2.45, 2.75) is 19.6 Å². The predicted octanol–water partition coefficient (Wildman–Crippen LogP) is 3.78. The Labute approximate surface area is 178 Å². The average molecular weight is 429 g/mol. The van der Waals surface area contributed by atoms with E-state index in [1.54, 1.807) is 27.8 Å². The minimum absolute atomic E-state index is 0.207. The lowest BCUT2D eigenvalue weighted by molar-refractivity contribution is 0.0683. The number of halogens is 2. The summed E-state index contributed by atoms with van der Waals surface area (Å²) < 4.78 is 1.57. The number of nitrogens with one attached hydrogen (secondary N) is 1. The molecule has 29 heavy (non-hydrogen) atoms. The molecule has 0 saturated carbocycles. The van der Waals surface area contributed by atoms with E-state index in [0.717, 1.165) is 5.56 Å². The molecular formula is C21H18Cl2N4O2. The maximum atomic E-state index is 12.9. The molecule has 1 aromatic heterocycles. The number of nitrogens with zero attached hydrogens (tertiary/aromatic N) is 3. The molecule has 6 nitrogen and oxygen atoms in total. The van der Waals surface area contributed by atoms with Gasteiger partial charge in [-0.05, 0) is 17.7 Å². The van der Waals surface area contributed by atoms with E-state index in [0.29, 0.717) is 47.5 Å². The lowest BCUT2D eigenvalue weighted by atomic mass is 10.1. The number of hydrogen-bond acceptors (Lipinski definition) is 3. The first kappa shape index (κ1) is 19.5. The second kappa shape index (κ2) is 8.27. The first-order valence-electron chi connectivity index (χ1n) is 9.15. The van der Waals surface area contributed by atoms with E-state index in [1.807, 2.05) is 30.3 Å². The number of hydrogen-bond donors (Lipinski definition) is 1. The van der Waals surface area contributed by atoms with Crippen molar-refractivity contribution < 1.29 is 9.59 Å². The number of amides is 2. The summed E-state index contributed by atoms with van der Waals surface area (Å²) in [5.41, 5.74) is 2.30. The highest BCUT2D eigenvalue weighted by molar-refractivity contribution is 6.36. The fourth-order valence-corrected chi connectivity index (χ4v) is 3.76. The maximum Gasteiger partial charge on any atom is 0.272 e. The van der Waals surface area contributed by atoms with Gasteiger partial charge in [0.15, 0.2) is 5.69 Å². The van der Waals surface area contributed by atoms with Crippen LogP contribution in [0.3, 0.4) is 0 Å². The fraction of sp³-hybridized carbons (Fsp3) is 0.190. The molecule has 0 unspecified atom stereocenters. The van der Waals surface area contributed by atoms with Crippen molar-refractivity contribution in [3.63, 3.8) is 0 Å². The monoisotopic (exact) mass is 428 g/mol. The molecule has 2 amide bonds. The Bertz CT molecular complexity index is 1050. The Hall–Kier alpha value is -2.83. The van der Waals surface area contributed by atoms with Crippen LogP contribution in [0.25, 0.3) is 0 Å². The smallest absolute Gasteiger partial charge is 0.272 e. The third-order valence-corrected chi connectivity index (χ3v) is 5.52. The SMILES string of the molecule is O=C(NCc1ccccc1)c1cc2n(n1)CCN(Cc1c(Cl)cccc1Cl)C2=O. The van der Waals surface area contributed by atoms with Gasteiger partial charge in [0.1, 0.15) is 5.69 Å². The number of fused-ring (bicyclic) bond motifs is 1. The Morgan fingerprint density at radius 3 is 2.48 bits per heavy atom. The van der Waals surface area contributed by atoms with Gasteiger partial charge in [-0.25, -0.2) is 0 Å². The van der Waals surface area contributed by atoms with Gasteiger partial charge in [-0.1, -0.05) is 59.6 Å². The molecule has 1 N–H and O–H groups in total. The van der Waals surface area contributed by atoms with Gasteiger partial charge in [-0.2, -0.15) is 5.10 Å². The molecule has 1 aliphatic rings. The molecule has 4 rings (SSSR count). The van der Waals surface area contributed by atoms with Crippen LogP contribution in [0.5, 0.6) is 0 Å². The number of aromatic nitrogens is 2. The van der Waals surface area contributed by atoms with Crippen molar-refractivity contribution in [3.05, 3.63) is 87.2 Å².